The van der Waals surface area contributed by atoms with Gasteiger partial charge in [0.1, 0.15) is 18.6 Å². The van der Waals surface area contributed by atoms with Crippen molar-refractivity contribution in [2.75, 3.05) is 0 Å². The Hall–Kier alpha value is -2.97. The minimum absolute atomic E-state index is 0.0653. The number of esters is 1. The van der Waals surface area contributed by atoms with Gasteiger partial charge in [-0.15, -0.1) is 0 Å². The Morgan fingerprint density at radius 1 is 1.15 bits per heavy atom. The Morgan fingerprint density at radius 2 is 1.85 bits per heavy atom. The lowest BCUT2D eigenvalue weighted by Crippen LogP contribution is -2.12. The summed E-state index contributed by atoms with van der Waals surface area (Å²) in [6.45, 7) is 3.91. The first-order chi connectivity index (χ1) is 12.7. The highest BCUT2D eigenvalue weighted by Crippen LogP contribution is 2.24. The van der Waals surface area contributed by atoms with Crippen molar-refractivity contribution in [3.8, 4) is 11.5 Å². The third-order valence-corrected chi connectivity index (χ3v) is 4.86. The van der Waals surface area contributed by atoms with E-state index in [0.717, 1.165) is 16.7 Å². The van der Waals surface area contributed by atoms with Crippen molar-refractivity contribution >= 4 is 16.0 Å². The summed E-state index contributed by atoms with van der Waals surface area (Å²) in [7, 11) is -3.80. The lowest BCUT2D eigenvalue weighted by molar-refractivity contribution is 0.0467. The van der Waals surface area contributed by atoms with E-state index in [2.05, 4.69) is 4.98 Å². The van der Waals surface area contributed by atoms with Gasteiger partial charge in [0.15, 0.2) is 0 Å². The molecule has 27 heavy (non-hydrogen) atoms. The summed E-state index contributed by atoms with van der Waals surface area (Å²) in [6, 6.07) is 11.1. The van der Waals surface area contributed by atoms with Crippen LogP contribution in [0, 0.1) is 13.8 Å². The number of ether oxygens (including phenoxy) is 1. The predicted octanol–water partition coefficient (Wildman–Crippen LogP) is 2.96. The molecule has 0 aliphatic rings. The molecule has 1 aromatic heterocycles. The number of carbonyl (C=O) groups excluding carboxylic acids is 1. The van der Waals surface area contributed by atoms with Crippen molar-refractivity contribution in [2.45, 2.75) is 25.3 Å². The van der Waals surface area contributed by atoms with Crippen LogP contribution in [-0.2, 0) is 21.4 Å². The first kappa shape index (κ1) is 18.8. The van der Waals surface area contributed by atoms with E-state index in [1.165, 1.54) is 30.5 Å². The number of hydrogen-bond acceptors (Lipinski definition) is 6. The van der Waals surface area contributed by atoms with Crippen LogP contribution in [-0.4, -0.2) is 19.4 Å². The van der Waals surface area contributed by atoms with Crippen molar-refractivity contribution < 1.29 is 22.4 Å². The number of sulfonamides is 1. The van der Waals surface area contributed by atoms with Crippen molar-refractivity contribution in [2.24, 2.45) is 5.14 Å². The van der Waals surface area contributed by atoms with E-state index in [9.17, 15) is 13.2 Å². The van der Waals surface area contributed by atoms with Gasteiger partial charge in [-0.25, -0.2) is 23.3 Å². The van der Waals surface area contributed by atoms with Crippen LogP contribution in [0.2, 0.25) is 0 Å². The summed E-state index contributed by atoms with van der Waals surface area (Å²) in [4.78, 5) is 16.4. The van der Waals surface area contributed by atoms with E-state index in [0.29, 0.717) is 11.6 Å². The molecule has 0 saturated carbocycles. The van der Waals surface area contributed by atoms with Gasteiger partial charge in [0, 0.05) is 5.56 Å². The van der Waals surface area contributed by atoms with Gasteiger partial charge in [-0.1, -0.05) is 17.7 Å². The van der Waals surface area contributed by atoms with Gasteiger partial charge in [-0.2, -0.15) is 0 Å². The Labute approximate surface area is 156 Å². The van der Waals surface area contributed by atoms with Crippen LogP contribution in [0.25, 0.3) is 11.5 Å². The van der Waals surface area contributed by atoms with E-state index < -0.39 is 16.0 Å². The monoisotopic (exact) mass is 386 g/mol. The summed E-state index contributed by atoms with van der Waals surface area (Å²) < 4.78 is 33.1. The van der Waals surface area contributed by atoms with Crippen molar-refractivity contribution in [3.63, 3.8) is 0 Å². The maximum absolute atomic E-state index is 12.1. The molecule has 0 atom stereocenters. The lowest BCUT2D eigenvalue weighted by Gasteiger charge is -2.04. The highest BCUT2D eigenvalue weighted by atomic mass is 32.2. The van der Waals surface area contributed by atoms with Crippen LogP contribution < -0.4 is 5.14 Å². The molecule has 0 radical (unpaired) electrons. The second-order valence-electron chi connectivity index (χ2n) is 6.11. The normalized spacial score (nSPS) is 11.4. The third-order valence-electron chi connectivity index (χ3n) is 3.93. The molecular formula is C19H18N2O5S. The van der Waals surface area contributed by atoms with Gasteiger partial charge in [-0.3, -0.25) is 0 Å². The fraction of sp³-hybridized carbons (Fsp3) is 0.158. The Balaban J connectivity index is 1.67. The second-order valence-corrected chi connectivity index (χ2v) is 7.67. The third kappa shape index (κ3) is 4.42. The fourth-order valence-corrected chi connectivity index (χ4v) is 3.07. The molecule has 0 fully saturated rings. The average molecular weight is 386 g/mol. The molecule has 1 heterocycles. The maximum Gasteiger partial charge on any atom is 0.338 e. The first-order valence-electron chi connectivity index (χ1n) is 8.06. The number of carbonyl (C=O) groups is 1. The summed E-state index contributed by atoms with van der Waals surface area (Å²) >= 11 is 0. The minimum Gasteiger partial charge on any atom is -0.455 e. The topological polar surface area (TPSA) is 112 Å². The molecule has 0 unspecified atom stereocenters. The zero-order valence-electron chi connectivity index (χ0n) is 14.8. The molecule has 2 aromatic carbocycles. The number of primary sulfonamides is 1. The molecular weight excluding hydrogens is 368 g/mol. The van der Waals surface area contributed by atoms with Gasteiger partial charge >= 0.3 is 5.97 Å². The molecule has 140 valence electrons. The molecule has 2 N–H and O–H groups in total. The van der Waals surface area contributed by atoms with Gasteiger partial charge in [0.25, 0.3) is 0 Å². The smallest absolute Gasteiger partial charge is 0.338 e. The SMILES string of the molecule is Cc1ccc(-c2nc(COC(=O)c3ccc(S(N)(=O)=O)cc3)co2)c(C)c1. The number of aromatic nitrogens is 1. The molecule has 8 heteroatoms. The largest absolute Gasteiger partial charge is 0.455 e. The van der Waals surface area contributed by atoms with Crippen LogP contribution in [0.3, 0.4) is 0 Å². The van der Waals surface area contributed by atoms with Crippen molar-refractivity contribution in [1.29, 1.82) is 0 Å². The second kappa shape index (κ2) is 7.34. The molecule has 0 bridgehead atoms. The summed E-state index contributed by atoms with van der Waals surface area (Å²) in [6.07, 6.45) is 1.44. The van der Waals surface area contributed by atoms with E-state index in [4.69, 9.17) is 14.3 Å². The molecule has 0 aliphatic carbocycles. The summed E-state index contributed by atoms with van der Waals surface area (Å²) in [5.41, 5.74) is 3.73. The van der Waals surface area contributed by atoms with E-state index >= 15 is 0 Å². The van der Waals surface area contributed by atoms with Gasteiger partial charge in [-0.05, 0) is 49.7 Å². The maximum atomic E-state index is 12.1. The van der Waals surface area contributed by atoms with Crippen molar-refractivity contribution in [1.82, 2.24) is 4.98 Å². The van der Waals surface area contributed by atoms with Crippen molar-refractivity contribution in [3.05, 3.63) is 71.1 Å². The molecule has 0 amide bonds. The fourth-order valence-electron chi connectivity index (χ4n) is 2.55. The zero-order valence-corrected chi connectivity index (χ0v) is 15.6. The van der Waals surface area contributed by atoms with Crippen LogP contribution in [0.15, 0.2) is 58.0 Å². The summed E-state index contributed by atoms with van der Waals surface area (Å²) in [5, 5.41) is 5.02. The Morgan fingerprint density at radius 3 is 2.48 bits per heavy atom. The van der Waals surface area contributed by atoms with Crippen LogP contribution >= 0.6 is 0 Å². The number of benzene rings is 2. The highest BCUT2D eigenvalue weighted by Gasteiger charge is 2.14. The number of aryl methyl sites for hydroxylation is 2. The number of oxazole rings is 1. The number of hydrogen-bond donors (Lipinski definition) is 1. The van der Waals surface area contributed by atoms with Crippen LogP contribution in [0.1, 0.15) is 27.2 Å². The van der Waals surface area contributed by atoms with E-state index in [1.54, 1.807) is 0 Å². The predicted molar refractivity (Wildman–Crippen MR) is 98.3 cm³/mol. The van der Waals surface area contributed by atoms with E-state index in [1.807, 2.05) is 32.0 Å². The first-order valence-corrected chi connectivity index (χ1v) is 9.61. The zero-order chi connectivity index (χ0) is 19.6. The van der Waals surface area contributed by atoms with Gasteiger partial charge in [0.05, 0.1) is 10.5 Å². The molecule has 0 aliphatic heterocycles. The summed E-state index contributed by atoms with van der Waals surface area (Å²) in [5.74, 6) is -0.150. The molecule has 3 rings (SSSR count). The minimum atomic E-state index is -3.80. The van der Waals surface area contributed by atoms with Gasteiger partial charge in [0.2, 0.25) is 15.9 Å². The van der Waals surface area contributed by atoms with E-state index in [-0.39, 0.29) is 17.1 Å². The average Bonchev–Trinajstić information content (AvgIpc) is 3.07. The van der Waals surface area contributed by atoms with Crippen LogP contribution in [0.5, 0.6) is 0 Å². The molecule has 3 aromatic rings. The Bertz CT molecular complexity index is 1090. The number of nitrogens with two attached hydrogens (primary N) is 1. The number of nitrogens with zero attached hydrogens (tertiary/aromatic N) is 1. The quantitative estimate of drug-likeness (QED) is 0.675. The van der Waals surface area contributed by atoms with Gasteiger partial charge < -0.3 is 9.15 Å². The molecule has 0 saturated heterocycles. The highest BCUT2D eigenvalue weighted by molar-refractivity contribution is 7.89. The lowest BCUT2D eigenvalue weighted by atomic mass is 10.1. The number of rotatable bonds is 5. The molecule has 0 spiro atoms. The standard InChI is InChI=1S/C19H18N2O5S/c1-12-3-8-17(13(2)9-12)18-21-15(10-25-18)11-26-19(22)14-4-6-16(7-5-14)27(20,23)24/h3-10H,11H2,1-2H3,(H2,20,23,24). The molecule has 7 nitrogen and oxygen atoms in total. The Kier molecular flexibility index (Phi) is 5.11. The van der Waals surface area contributed by atoms with Crippen LogP contribution in [0.4, 0.5) is 0 Å².